The zero-order chi connectivity index (χ0) is 15.7. The van der Waals surface area contributed by atoms with Gasteiger partial charge in [0.1, 0.15) is 0 Å². The van der Waals surface area contributed by atoms with Gasteiger partial charge in [0, 0.05) is 6.04 Å². The maximum absolute atomic E-state index is 3.77. The van der Waals surface area contributed by atoms with Crippen molar-refractivity contribution in [3.8, 4) is 0 Å². The van der Waals surface area contributed by atoms with Crippen molar-refractivity contribution in [3.05, 3.63) is 0 Å². The summed E-state index contributed by atoms with van der Waals surface area (Å²) >= 11 is 0. The molecule has 1 rings (SSSR count). The van der Waals surface area contributed by atoms with Crippen LogP contribution in [0.4, 0.5) is 0 Å². The standard InChI is InChI=1S/C20H41N/c1-6-8-9-10-11-12-13-17-16-18(20(3,4)5)14-15-19(17)21-7-2/h17-19,21H,6-16H2,1-5H3. The summed E-state index contributed by atoms with van der Waals surface area (Å²) in [5, 5.41) is 3.77. The molecule has 0 radical (unpaired) electrons. The van der Waals surface area contributed by atoms with Crippen molar-refractivity contribution < 1.29 is 0 Å². The van der Waals surface area contributed by atoms with Crippen molar-refractivity contribution in [2.45, 2.75) is 105 Å². The Hall–Kier alpha value is -0.0400. The van der Waals surface area contributed by atoms with Gasteiger partial charge in [-0.2, -0.15) is 0 Å². The summed E-state index contributed by atoms with van der Waals surface area (Å²) in [7, 11) is 0. The van der Waals surface area contributed by atoms with E-state index in [4.69, 9.17) is 0 Å². The minimum Gasteiger partial charge on any atom is -0.314 e. The van der Waals surface area contributed by atoms with Gasteiger partial charge in [0.05, 0.1) is 0 Å². The normalized spacial score (nSPS) is 27.0. The van der Waals surface area contributed by atoms with Crippen LogP contribution in [0, 0.1) is 17.3 Å². The lowest BCUT2D eigenvalue weighted by molar-refractivity contribution is 0.108. The fourth-order valence-corrected chi connectivity index (χ4v) is 4.09. The molecule has 0 aromatic heterocycles. The van der Waals surface area contributed by atoms with Crippen LogP contribution < -0.4 is 5.32 Å². The fraction of sp³-hybridized carbons (Fsp3) is 1.00. The van der Waals surface area contributed by atoms with E-state index in [0.29, 0.717) is 5.41 Å². The summed E-state index contributed by atoms with van der Waals surface area (Å²) in [6, 6.07) is 0.796. The Bertz CT molecular complexity index is 253. The van der Waals surface area contributed by atoms with Crippen molar-refractivity contribution in [2.24, 2.45) is 17.3 Å². The van der Waals surface area contributed by atoms with Crippen LogP contribution in [0.5, 0.6) is 0 Å². The summed E-state index contributed by atoms with van der Waals surface area (Å²) in [5.41, 5.74) is 0.497. The van der Waals surface area contributed by atoms with Gasteiger partial charge in [-0.3, -0.25) is 0 Å². The Kier molecular flexibility index (Phi) is 8.94. The summed E-state index contributed by atoms with van der Waals surface area (Å²) < 4.78 is 0. The van der Waals surface area contributed by atoms with Gasteiger partial charge in [-0.05, 0) is 49.5 Å². The Morgan fingerprint density at radius 2 is 1.57 bits per heavy atom. The SMILES string of the molecule is CCCCCCCCC1CC(C(C)(C)C)CCC1NCC. The largest absolute Gasteiger partial charge is 0.314 e. The molecule has 1 saturated carbocycles. The molecular weight excluding hydrogens is 254 g/mol. The second-order valence-corrected chi connectivity index (χ2v) is 8.36. The zero-order valence-electron chi connectivity index (χ0n) is 15.5. The molecule has 0 saturated heterocycles. The lowest BCUT2D eigenvalue weighted by atomic mass is 9.66. The first-order valence-corrected chi connectivity index (χ1v) is 9.72. The fourth-order valence-electron chi connectivity index (χ4n) is 4.09. The van der Waals surface area contributed by atoms with Crippen LogP contribution >= 0.6 is 0 Å². The summed E-state index contributed by atoms with van der Waals surface area (Å²) in [6.07, 6.45) is 14.3. The zero-order valence-corrected chi connectivity index (χ0v) is 15.5. The molecule has 1 heteroatoms. The van der Waals surface area contributed by atoms with Gasteiger partial charge in [-0.15, -0.1) is 0 Å². The molecule has 0 aromatic carbocycles. The third-order valence-corrected chi connectivity index (χ3v) is 5.60. The molecule has 0 heterocycles. The van der Waals surface area contributed by atoms with Crippen LogP contribution in [0.1, 0.15) is 98.8 Å². The topological polar surface area (TPSA) is 12.0 Å². The maximum atomic E-state index is 3.77. The van der Waals surface area contributed by atoms with Crippen molar-refractivity contribution in [3.63, 3.8) is 0 Å². The van der Waals surface area contributed by atoms with E-state index in [9.17, 15) is 0 Å². The maximum Gasteiger partial charge on any atom is 0.00954 e. The van der Waals surface area contributed by atoms with Gasteiger partial charge in [-0.25, -0.2) is 0 Å². The summed E-state index contributed by atoms with van der Waals surface area (Å²) in [4.78, 5) is 0. The van der Waals surface area contributed by atoms with E-state index in [-0.39, 0.29) is 0 Å². The predicted molar refractivity (Wildman–Crippen MR) is 95.7 cm³/mol. The van der Waals surface area contributed by atoms with Crippen LogP contribution in [0.15, 0.2) is 0 Å². The van der Waals surface area contributed by atoms with E-state index in [1.165, 1.54) is 64.2 Å². The van der Waals surface area contributed by atoms with Gasteiger partial charge < -0.3 is 5.32 Å². The molecule has 1 nitrogen and oxygen atoms in total. The van der Waals surface area contributed by atoms with E-state index in [1.54, 1.807) is 0 Å². The van der Waals surface area contributed by atoms with E-state index < -0.39 is 0 Å². The van der Waals surface area contributed by atoms with E-state index in [0.717, 1.165) is 24.4 Å². The van der Waals surface area contributed by atoms with Gasteiger partial charge >= 0.3 is 0 Å². The second kappa shape index (κ2) is 9.87. The van der Waals surface area contributed by atoms with E-state index in [1.807, 2.05) is 0 Å². The molecule has 0 bridgehead atoms. The number of hydrogen-bond acceptors (Lipinski definition) is 1. The highest BCUT2D eigenvalue weighted by Crippen LogP contribution is 2.41. The third-order valence-electron chi connectivity index (χ3n) is 5.60. The molecule has 1 fully saturated rings. The second-order valence-electron chi connectivity index (χ2n) is 8.36. The Labute approximate surface area is 134 Å². The Morgan fingerprint density at radius 3 is 2.19 bits per heavy atom. The first-order valence-electron chi connectivity index (χ1n) is 9.72. The molecule has 0 spiro atoms. The molecule has 21 heavy (non-hydrogen) atoms. The first-order chi connectivity index (χ1) is 9.99. The highest BCUT2D eigenvalue weighted by molar-refractivity contribution is 4.88. The lowest BCUT2D eigenvalue weighted by Crippen LogP contribution is -2.42. The Balaban J connectivity index is 2.37. The number of nitrogens with one attached hydrogen (secondary N) is 1. The Morgan fingerprint density at radius 1 is 0.905 bits per heavy atom. The lowest BCUT2D eigenvalue weighted by Gasteiger charge is -2.42. The van der Waals surface area contributed by atoms with Gasteiger partial charge in [0.2, 0.25) is 0 Å². The number of hydrogen-bond donors (Lipinski definition) is 1. The van der Waals surface area contributed by atoms with Gasteiger partial charge in [0.15, 0.2) is 0 Å². The number of rotatable bonds is 9. The van der Waals surface area contributed by atoms with E-state index in [2.05, 4.69) is 39.9 Å². The van der Waals surface area contributed by atoms with Crippen LogP contribution in [0.3, 0.4) is 0 Å². The quantitative estimate of drug-likeness (QED) is 0.501. The third kappa shape index (κ3) is 7.17. The van der Waals surface area contributed by atoms with Gasteiger partial charge in [-0.1, -0.05) is 73.1 Å². The van der Waals surface area contributed by atoms with Crippen molar-refractivity contribution in [1.29, 1.82) is 0 Å². The van der Waals surface area contributed by atoms with E-state index >= 15 is 0 Å². The van der Waals surface area contributed by atoms with Crippen molar-refractivity contribution in [2.75, 3.05) is 6.54 Å². The molecule has 3 atom stereocenters. The van der Waals surface area contributed by atoms with Crippen molar-refractivity contribution >= 4 is 0 Å². The summed E-state index contributed by atoms with van der Waals surface area (Å²) in [6.45, 7) is 13.0. The molecule has 1 N–H and O–H groups in total. The molecular formula is C20H41N. The minimum absolute atomic E-state index is 0.497. The summed E-state index contributed by atoms with van der Waals surface area (Å²) in [5.74, 6) is 1.85. The molecule has 0 aromatic rings. The van der Waals surface area contributed by atoms with Crippen LogP contribution in [-0.2, 0) is 0 Å². The molecule has 3 unspecified atom stereocenters. The molecule has 0 aliphatic heterocycles. The molecule has 1 aliphatic rings. The van der Waals surface area contributed by atoms with Crippen molar-refractivity contribution in [1.82, 2.24) is 5.32 Å². The predicted octanol–water partition coefficient (Wildman–Crippen LogP) is 6.18. The van der Waals surface area contributed by atoms with Gasteiger partial charge in [0.25, 0.3) is 0 Å². The number of unbranched alkanes of at least 4 members (excludes halogenated alkanes) is 5. The highest BCUT2D eigenvalue weighted by Gasteiger charge is 2.34. The minimum atomic E-state index is 0.497. The molecule has 0 amide bonds. The monoisotopic (exact) mass is 295 g/mol. The average molecular weight is 296 g/mol. The van der Waals surface area contributed by atoms with Crippen LogP contribution in [0.2, 0.25) is 0 Å². The molecule has 1 aliphatic carbocycles. The average Bonchev–Trinajstić information content (AvgIpc) is 2.43. The smallest absolute Gasteiger partial charge is 0.00954 e. The first kappa shape index (κ1) is 19.0. The van der Waals surface area contributed by atoms with Crippen LogP contribution in [0.25, 0.3) is 0 Å². The molecule has 126 valence electrons. The highest BCUT2D eigenvalue weighted by atomic mass is 14.9. The van der Waals surface area contributed by atoms with Crippen LogP contribution in [-0.4, -0.2) is 12.6 Å².